The topological polar surface area (TPSA) is 74.6 Å². The van der Waals surface area contributed by atoms with E-state index in [1.165, 1.54) is 24.3 Å². The fraction of sp³-hybridized carbons (Fsp3) is 0.176. The van der Waals surface area contributed by atoms with E-state index in [0.29, 0.717) is 0 Å². The lowest BCUT2D eigenvalue weighted by Gasteiger charge is -2.32. The zero-order valence-corrected chi connectivity index (χ0v) is 12.5. The first-order valence-electron chi connectivity index (χ1n) is 6.85. The Morgan fingerprint density at radius 1 is 1.04 bits per heavy atom. The molecule has 126 valence electrons. The first-order valence-corrected chi connectivity index (χ1v) is 6.85. The molecule has 2 rings (SSSR count). The number of carbonyl (C=O) groups is 2. The molecule has 0 spiro atoms. The summed E-state index contributed by atoms with van der Waals surface area (Å²) >= 11 is 0. The van der Waals surface area contributed by atoms with E-state index in [4.69, 9.17) is 0 Å². The lowest BCUT2D eigenvalue weighted by atomic mass is 9.75. The molecule has 0 saturated heterocycles. The van der Waals surface area contributed by atoms with E-state index < -0.39 is 46.3 Å². The van der Waals surface area contributed by atoms with Crippen molar-refractivity contribution in [2.24, 2.45) is 0 Å². The summed E-state index contributed by atoms with van der Waals surface area (Å²) in [7, 11) is 0. The third kappa shape index (κ3) is 2.90. The maximum Gasteiger partial charge on any atom is 0.341 e. The van der Waals surface area contributed by atoms with E-state index >= 15 is 0 Å². The number of aliphatic hydroxyl groups is 1. The third-order valence-corrected chi connectivity index (χ3v) is 3.67. The van der Waals surface area contributed by atoms with Crippen LogP contribution in [0.3, 0.4) is 0 Å². The van der Waals surface area contributed by atoms with Gasteiger partial charge in [-0.25, -0.2) is 18.0 Å². The van der Waals surface area contributed by atoms with E-state index in [0.717, 1.165) is 6.92 Å². The SMILES string of the molecule is CC(=O)C(c1ccccc1)C(O)(C(=O)O)c1c(F)cc(F)cc1F. The monoisotopic (exact) mass is 338 g/mol. The molecule has 0 aromatic heterocycles. The number of Topliss-reactive ketones (excluding diaryl/α,β-unsaturated/α-hetero) is 1. The van der Waals surface area contributed by atoms with Crippen LogP contribution in [0.4, 0.5) is 13.2 Å². The van der Waals surface area contributed by atoms with Crippen molar-refractivity contribution in [3.05, 3.63) is 71.0 Å². The summed E-state index contributed by atoms with van der Waals surface area (Å²) < 4.78 is 41.3. The molecule has 0 aliphatic heterocycles. The molecule has 2 unspecified atom stereocenters. The van der Waals surface area contributed by atoms with Crippen molar-refractivity contribution in [1.82, 2.24) is 0 Å². The summed E-state index contributed by atoms with van der Waals surface area (Å²) in [6.07, 6.45) is 0. The zero-order valence-electron chi connectivity index (χ0n) is 12.5. The first-order chi connectivity index (χ1) is 11.2. The summed E-state index contributed by atoms with van der Waals surface area (Å²) in [6, 6.07) is 7.72. The second-order valence-electron chi connectivity index (χ2n) is 5.27. The van der Waals surface area contributed by atoms with Gasteiger partial charge in [-0.05, 0) is 12.5 Å². The molecule has 24 heavy (non-hydrogen) atoms. The molecule has 0 aliphatic carbocycles. The second-order valence-corrected chi connectivity index (χ2v) is 5.27. The van der Waals surface area contributed by atoms with Crippen LogP contribution in [0.5, 0.6) is 0 Å². The minimum Gasteiger partial charge on any atom is -0.479 e. The minimum atomic E-state index is -3.24. The Labute approximate surface area is 135 Å². The van der Waals surface area contributed by atoms with Gasteiger partial charge in [0.05, 0.1) is 11.5 Å². The van der Waals surface area contributed by atoms with Gasteiger partial charge in [0.15, 0.2) is 0 Å². The molecular weight excluding hydrogens is 325 g/mol. The van der Waals surface area contributed by atoms with Crippen molar-refractivity contribution < 1.29 is 33.0 Å². The molecule has 2 N–H and O–H groups in total. The Morgan fingerprint density at radius 2 is 1.54 bits per heavy atom. The lowest BCUT2D eigenvalue weighted by Crippen LogP contribution is -2.46. The van der Waals surface area contributed by atoms with Crippen molar-refractivity contribution in [2.75, 3.05) is 0 Å². The molecule has 4 nitrogen and oxygen atoms in total. The predicted molar refractivity (Wildman–Crippen MR) is 77.7 cm³/mol. The molecule has 0 saturated carbocycles. The zero-order chi connectivity index (χ0) is 18.1. The molecule has 2 atom stereocenters. The average Bonchev–Trinajstić information content (AvgIpc) is 2.46. The van der Waals surface area contributed by atoms with Crippen LogP contribution in [0.15, 0.2) is 42.5 Å². The molecule has 0 aliphatic rings. The summed E-state index contributed by atoms with van der Waals surface area (Å²) in [4.78, 5) is 23.7. The summed E-state index contributed by atoms with van der Waals surface area (Å²) in [5, 5.41) is 20.1. The molecule has 2 aromatic carbocycles. The van der Waals surface area contributed by atoms with Crippen LogP contribution in [-0.2, 0) is 15.2 Å². The van der Waals surface area contributed by atoms with Gasteiger partial charge in [0, 0.05) is 12.1 Å². The predicted octanol–water partition coefficient (Wildman–Crippen LogP) is 2.75. The van der Waals surface area contributed by atoms with E-state index in [1.807, 2.05) is 0 Å². The third-order valence-electron chi connectivity index (χ3n) is 3.67. The van der Waals surface area contributed by atoms with Gasteiger partial charge in [0.25, 0.3) is 0 Å². The van der Waals surface area contributed by atoms with Gasteiger partial charge >= 0.3 is 5.97 Å². The number of benzene rings is 2. The molecule has 0 heterocycles. The van der Waals surface area contributed by atoms with E-state index in [2.05, 4.69) is 0 Å². The summed E-state index contributed by atoms with van der Waals surface area (Å²) in [5.41, 5.74) is -4.48. The molecular formula is C17H13F3O4. The standard InChI is InChI=1S/C17H13F3O4/c1-9(21)14(10-5-3-2-4-6-10)17(24,16(22)23)15-12(19)7-11(18)8-13(15)20/h2-8,14,24H,1H3,(H,22,23). The highest BCUT2D eigenvalue weighted by atomic mass is 19.1. The number of carboxylic acids is 1. The van der Waals surface area contributed by atoms with Gasteiger partial charge < -0.3 is 10.2 Å². The van der Waals surface area contributed by atoms with Crippen LogP contribution in [0.1, 0.15) is 24.0 Å². The number of ketones is 1. The largest absolute Gasteiger partial charge is 0.479 e. The van der Waals surface area contributed by atoms with Gasteiger partial charge in [-0.1, -0.05) is 30.3 Å². The minimum absolute atomic E-state index is 0.0537. The first kappa shape index (κ1) is 17.7. The van der Waals surface area contributed by atoms with Crippen molar-refractivity contribution in [3.8, 4) is 0 Å². The van der Waals surface area contributed by atoms with Crippen molar-refractivity contribution in [3.63, 3.8) is 0 Å². The average molecular weight is 338 g/mol. The normalized spacial score (nSPS) is 14.7. The number of aliphatic carboxylic acids is 1. The van der Waals surface area contributed by atoms with E-state index in [1.54, 1.807) is 6.07 Å². The van der Waals surface area contributed by atoms with Crippen LogP contribution in [0, 0.1) is 17.5 Å². The summed E-state index contributed by atoms with van der Waals surface area (Å²) in [6.45, 7) is 0.991. The maximum atomic E-state index is 14.1. The quantitative estimate of drug-likeness (QED) is 0.879. The highest BCUT2D eigenvalue weighted by Gasteiger charge is 2.52. The maximum absolute atomic E-state index is 14.1. The van der Waals surface area contributed by atoms with Gasteiger partial charge in [0.2, 0.25) is 5.60 Å². The van der Waals surface area contributed by atoms with Gasteiger partial charge in [0.1, 0.15) is 23.2 Å². The van der Waals surface area contributed by atoms with Crippen LogP contribution in [0.25, 0.3) is 0 Å². The van der Waals surface area contributed by atoms with Crippen LogP contribution in [0.2, 0.25) is 0 Å². The van der Waals surface area contributed by atoms with Crippen LogP contribution < -0.4 is 0 Å². The molecule has 7 heteroatoms. The Morgan fingerprint density at radius 3 is 1.96 bits per heavy atom. The number of hydrogen-bond acceptors (Lipinski definition) is 3. The number of carbonyl (C=O) groups excluding carboxylic acids is 1. The fourth-order valence-electron chi connectivity index (χ4n) is 2.70. The molecule has 0 amide bonds. The van der Waals surface area contributed by atoms with Gasteiger partial charge in [-0.2, -0.15) is 0 Å². The number of halogens is 3. The van der Waals surface area contributed by atoms with Crippen molar-refractivity contribution in [2.45, 2.75) is 18.4 Å². The number of hydrogen-bond donors (Lipinski definition) is 2. The van der Waals surface area contributed by atoms with Crippen molar-refractivity contribution >= 4 is 11.8 Å². The summed E-state index contributed by atoms with van der Waals surface area (Å²) in [5.74, 6) is -9.12. The van der Waals surface area contributed by atoms with Crippen LogP contribution in [-0.4, -0.2) is 22.0 Å². The lowest BCUT2D eigenvalue weighted by molar-refractivity contribution is -0.165. The van der Waals surface area contributed by atoms with Gasteiger partial charge in [-0.3, -0.25) is 4.79 Å². The highest BCUT2D eigenvalue weighted by Crippen LogP contribution is 2.40. The Bertz CT molecular complexity index is 769. The molecule has 0 bridgehead atoms. The molecule has 0 fully saturated rings. The van der Waals surface area contributed by atoms with Crippen molar-refractivity contribution in [1.29, 1.82) is 0 Å². The highest BCUT2D eigenvalue weighted by molar-refractivity contribution is 5.93. The Kier molecular flexibility index (Phi) is 4.75. The van der Waals surface area contributed by atoms with E-state index in [9.17, 15) is 33.0 Å². The fourth-order valence-corrected chi connectivity index (χ4v) is 2.70. The van der Waals surface area contributed by atoms with Crippen LogP contribution >= 0.6 is 0 Å². The Balaban J connectivity index is 2.80. The molecule has 2 aromatic rings. The molecule has 0 radical (unpaired) electrons. The Hall–Kier alpha value is -2.67. The second kappa shape index (κ2) is 6.45. The van der Waals surface area contributed by atoms with E-state index in [-0.39, 0.29) is 17.7 Å². The number of rotatable bonds is 5. The number of carboxylic acid groups (broad SMARTS) is 1. The van der Waals surface area contributed by atoms with Gasteiger partial charge in [-0.15, -0.1) is 0 Å². The smallest absolute Gasteiger partial charge is 0.341 e.